The molecule has 2 aromatic heterocycles. The zero-order chi connectivity index (χ0) is 25.9. The molecule has 0 radical (unpaired) electrons. The molecule has 5 aromatic rings. The van der Waals surface area contributed by atoms with E-state index in [0.717, 1.165) is 45.3 Å². The summed E-state index contributed by atoms with van der Waals surface area (Å²) in [6, 6.07) is 19.0. The maximum absolute atomic E-state index is 13.6. The zero-order valence-electron chi connectivity index (χ0n) is 20.5. The van der Waals surface area contributed by atoms with Gasteiger partial charge in [0.25, 0.3) is 0 Å². The summed E-state index contributed by atoms with van der Waals surface area (Å²) in [6.07, 6.45) is 0. The summed E-state index contributed by atoms with van der Waals surface area (Å²) in [4.78, 5) is 4.89. The van der Waals surface area contributed by atoms with Gasteiger partial charge < -0.3 is 14.0 Å². The Hall–Kier alpha value is -3.98. The third-order valence-electron chi connectivity index (χ3n) is 5.84. The van der Waals surface area contributed by atoms with Gasteiger partial charge in [-0.2, -0.15) is 0 Å². The van der Waals surface area contributed by atoms with Gasteiger partial charge in [-0.3, -0.25) is 0 Å². The Morgan fingerprint density at radius 1 is 0.892 bits per heavy atom. The number of benzene rings is 3. The first-order valence-corrected chi connectivity index (χ1v) is 12.6. The van der Waals surface area contributed by atoms with Crippen LogP contribution in [0.1, 0.15) is 12.5 Å². The Balaban J connectivity index is 1.57. The lowest BCUT2D eigenvalue weighted by atomic mass is 10.0. The molecule has 5 rings (SSSR count). The van der Waals surface area contributed by atoms with Gasteiger partial charge >= 0.3 is 0 Å². The van der Waals surface area contributed by atoms with Gasteiger partial charge in [0.15, 0.2) is 11.0 Å². The van der Waals surface area contributed by atoms with E-state index in [1.807, 2.05) is 67.1 Å². The quantitative estimate of drug-likeness (QED) is 0.214. The number of fused-ring (bicyclic) bond motifs is 1. The Kier molecular flexibility index (Phi) is 7.05. The first kappa shape index (κ1) is 24.7. The van der Waals surface area contributed by atoms with Crippen molar-refractivity contribution in [3.8, 4) is 34.1 Å². The van der Waals surface area contributed by atoms with Gasteiger partial charge in [0.2, 0.25) is 0 Å². The number of aromatic nitrogens is 4. The molecule has 0 atom stereocenters. The summed E-state index contributed by atoms with van der Waals surface area (Å²) in [5.41, 5.74) is 3.88. The second kappa shape index (κ2) is 10.6. The predicted molar refractivity (Wildman–Crippen MR) is 141 cm³/mol. The Bertz CT molecular complexity index is 1550. The summed E-state index contributed by atoms with van der Waals surface area (Å²) >= 11 is 1.36. The highest BCUT2D eigenvalue weighted by molar-refractivity contribution is 7.98. The Morgan fingerprint density at radius 3 is 2.32 bits per heavy atom. The SMILES string of the molecule is CCOc1ccc2nc(-c3ccc(OC)cc3)cc(-c3nnc(SCc4cc(F)cc(F)c4)n3C)c2c1. The topological polar surface area (TPSA) is 62.1 Å². The highest BCUT2D eigenvalue weighted by Gasteiger charge is 2.18. The summed E-state index contributed by atoms with van der Waals surface area (Å²) in [7, 11) is 3.50. The molecular weight excluding hydrogens is 494 g/mol. The van der Waals surface area contributed by atoms with Crippen molar-refractivity contribution in [1.82, 2.24) is 19.7 Å². The fraction of sp³-hybridized carbons (Fsp3) is 0.179. The number of thioether (sulfide) groups is 1. The van der Waals surface area contributed by atoms with Gasteiger partial charge in [0.1, 0.15) is 23.1 Å². The van der Waals surface area contributed by atoms with Gasteiger partial charge in [0.05, 0.1) is 24.9 Å². The van der Waals surface area contributed by atoms with Gasteiger partial charge in [-0.1, -0.05) is 11.8 Å². The average Bonchev–Trinajstić information content (AvgIpc) is 3.26. The molecule has 37 heavy (non-hydrogen) atoms. The molecule has 0 fully saturated rings. The second-order valence-electron chi connectivity index (χ2n) is 8.33. The van der Waals surface area contributed by atoms with Crippen LogP contribution in [-0.4, -0.2) is 33.5 Å². The van der Waals surface area contributed by atoms with Gasteiger partial charge in [0, 0.05) is 35.4 Å². The van der Waals surface area contributed by atoms with E-state index in [0.29, 0.717) is 28.9 Å². The van der Waals surface area contributed by atoms with Crippen LogP contribution in [0.3, 0.4) is 0 Å². The summed E-state index contributed by atoms with van der Waals surface area (Å²) in [5.74, 6) is 1.29. The Morgan fingerprint density at radius 2 is 1.62 bits per heavy atom. The number of halogens is 2. The second-order valence-corrected chi connectivity index (χ2v) is 9.27. The van der Waals surface area contributed by atoms with Crippen molar-refractivity contribution in [2.75, 3.05) is 13.7 Å². The Labute approximate surface area is 217 Å². The lowest BCUT2D eigenvalue weighted by molar-refractivity contribution is 0.340. The molecule has 0 saturated carbocycles. The number of rotatable bonds is 8. The van der Waals surface area contributed by atoms with Crippen LogP contribution in [0, 0.1) is 11.6 Å². The standard InChI is InChI=1S/C28H24F2N4O2S/c1-4-36-22-9-10-25-23(14-22)24(15-26(31-25)18-5-7-21(35-3)8-6-18)27-32-33-28(34(27)2)37-16-17-11-19(29)13-20(30)12-17/h5-15H,4,16H2,1-3H3. The third kappa shape index (κ3) is 5.27. The van der Waals surface area contributed by atoms with Gasteiger partial charge in [-0.25, -0.2) is 13.8 Å². The van der Waals surface area contributed by atoms with Crippen LogP contribution in [-0.2, 0) is 12.8 Å². The van der Waals surface area contributed by atoms with Crippen LogP contribution in [0.15, 0.2) is 71.9 Å². The van der Waals surface area contributed by atoms with E-state index in [1.54, 1.807) is 7.11 Å². The molecule has 0 amide bonds. The maximum atomic E-state index is 13.6. The monoisotopic (exact) mass is 518 g/mol. The van der Waals surface area contributed by atoms with Crippen molar-refractivity contribution in [1.29, 1.82) is 0 Å². The van der Waals surface area contributed by atoms with Crippen LogP contribution in [0.4, 0.5) is 8.78 Å². The largest absolute Gasteiger partial charge is 0.497 e. The molecule has 9 heteroatoms. The zero-order valence-corrected chi connectivity index (χ0v) is 21.4. The number of ether oxygens (including phenoxy) is 2. The van der Waals surface area contributed by atoms with E-state index in [-0.39, 0.29) is 0 Å². The first-order valence-electron chi connectivity index (χ1n) is 11.6. The number of pyridine rings is 1. The molecule has 0 aliphatic rings. The highest BCUT2D eigenvalue weighted by atomic mass is 32.2. The smallest absolute Gasteiger partial charge is 0.191 e. The molecule has 6 nitrogen and oxygen atoms in total. The molecule has 3 aromatic carbocycles. The van der Waals surface area contributed by atoms with E-state index in [9.17, 15) is 8.78 Å². The number of hydrogen-bond acceptors (Lipinski definition) is 6. The maximum Gasteiger partial charge on any atom is 0.191 e. The molecule has 0 aliphatic heterocycles. The van der Waals surface area contributed by atoms with Crippen LogP contribution in [0.5, 0.6) is 11.5 Å². The molecule has 0 aliphatic carbocycles. The first-order chi connectivity index (χ1) is 17.9. The van der Waals surface area contributed by atoms with Crippen LogP contribution in [0.25, 0.3) is 33.5 Å². The van der Waals surface area contributed by atoms with Gasteiger partial charge in [-0.15, -0.1) is 10.2 Å². The average molecular weight is 519 g/mol. The van der Waals surface area contributed by atoms with E-state index < -0.39 is 11.6 Å². The molecule has 188 valence electrons. The van der Waals surface area contributed by atoms with Gasteiger partial charge in [-0.05, 0) is 73.2 Å². The van der Waals surface area contributed by atoms with Crippen molar-refractivity contribution in [2.45, 2.75) is 17.8 Å². The van der Waals surface area contributed by atoms with E-state index in [4.69, 9.17) is 14.5 Å². The molecule has 2 heterocycles. The van der Waals surface area contributed by atoms with E-state index >= 15 is 0 Å². The summed E-state index contributed by atoms with van der Waals surface area (Å²) in [5, 5.41) is 10.3. The normalized spacial score (nSPS) is 11.2. The molecular formula is C28H24F2N4O2S. The van der Waals surface area contributed by atoms with Crippen molar-refractivity contribution >= 4 is 22.7 Å². The summed E-state index contributed by atoms with van der Waals surface area (Å²) < 4.78 is 40.1. The lowest BCUT2D eigenvalue weighted by Crippen LogP contribution is -1.98. The molecule has 0 bridgehead atoms. The van der Waals surface area contributed by atoms with Crippen molar-refractivity contribution < 1.29 is 18.3 Å². The number of hydrogen-bond donors (Lipinski definition) is 0. The molecule has 0 N–H and O–H groups in total. The van der Waals surface area contributed by atoms with Crippen molar-refractivity contribution in [3.63, 3.8) is 0 Å². The fourth-order valence-electron chi connectivity index (χ4n) is 4.07. The minimum Gasteiger partial charge on any atom is -0.497 e. The van der Waals surface area contributed by atoms with Crippen LogP contribution < -0.4 is 9.47 Å². The van der Waals surface area contributed by atoms with Crippen LogP contribution >= 0.6 is 11.8 Å². The minimum atomic E-state index is -0.603. The fourth-order valence-corrected chi connectivity index (χ4v) is 4.91. The lowest BCUT2D eigenvalue weighted by Gasteiger charge is -2.12. The number of methoxy groups -OCH3 is 1. The predicted octanol–water partition coefficient (Wildman–Crippen LogP) is 6.68. The van der Waals surface area contributed by atoms with Crippen LogP contribution in [0.2, 0.25) is 0 Å². The van der Waals surface area contributed by atoms with Crippen molar-refractivity contribution in [3.05, 3.63) is 83.9 Å². The minimum absolute atomic E-state index is 0.351. The number of nitrogens with zero attached hydrogens (tertiary/aromatic N) is 4. The summed E-state index contributed by atoms with van der Waals surface area (Å²) in [6.45, 7) is 2.48. The van der Waals surface area contributed by atoms with E-state index in [2.05, 4.69) is 10.2 Å². The molecule has 0 saturated heterocycles. The third-order valence-corrected chi connectivity index (χ3v) is 6.93. The highest BCUT2D eigenvalue weighted by Crippen LogP contribution is 2.35. The molecule has 0 spiro atoms. The molecule has 0 unspecified atom stereocenters. The van der Waals surface area contributed by atoms with E-state index in [1.165, 1.54) is 23.9 Å². The van der Waals surface area contributed by atoms with Crippen molar-refractivity contribution in [2.24, 2.45) is 7.05 Å².